The minimum Gasteiger partial charge on any atom is -0.352 e. The highest BCUT2D eigenvalue weighted by molar-refractivity contribution is 8.00. The summed E-state index contributed by atoms with van der Waals surface area (Å²) in [6.07, 6.45) is 1.63. The van der Waals surface area contributed by atoms with E-state index in [1.165, 1.54) is 23.1 Å². The Bertz CT molecular complexity index is 721. The number of carbonyl (C=O) groups excluding carboxylic acids is 1. The number of thiophene rings is 1. The van der Waals surface area contributed by atoms with Crippen molar-refractivity contribution in [1.29, 1.82) is 0 Å². The number of nitrogens with one attached hydrogen (secondary N) is 1. The quantitative estimate of drug-likeness (QED) is 0.503. The van der Waals surface area contributed by atoms with Gasteiger partial charge in [-0.15, -0.1) is 17.9 Å². The maximum Gasteiger partial charge on any atom is 0.272 e. The van der Waals surface area contributed by atoms with Crippen LogP contribution in [-0.2, 0) is 11.3 Å². The smallest absolute Gasteiger partial charge is 0.272 e. The summed E-state index contributed by atoms with van der Waals surface area (Å²) in [6.45, 7) is 8.22. The van der Waals surface area contributed by atoms with Crippen molar-refractivity contribution >= 4 is 39.2 Å². The summed E-state index contributed by atoms with van der Waals surface area (Å²) in [5.74, 6) is -0.0952. The summed E-state index contributed by atoms with van der Waals surface area (Å²) < 4.78 is 2.27. The maximum absolute atomic E-state index is 12.4. The molecule has 2 heterocycles. The Hall–Kier alpha value is -1.60. The van der Waals surface area contributed by atoms with Crippen LogP contribution in [0, 0.1) is 0 Å². The van der Waals surface area contributed by atoms with Crippen molar-refractivity contribution in [1.82, 2.24) is 14.9 Å². The van der Waals surface area contributed by atoms with Crippen LogP contribution < -0.4 is 10.9 Å². The van der Waals surface area contributed by atoms with Crippen LogP contribution in [0.5, 0.6) is 0 Å². The van der Waals surface area contributed by atoms with Gasteiger partial charge in [-0.25, -0.2) is 4.98 Å². The summed E-state index contributed by atoms with van der Waals surface area (Å²) in [4.78, 5) is 28.8. The van der Waals surface area contributed by atoms with Crippen molar-refractivity contribution in [3.05, 3.63) is 34.5 Å². The Morgan fingerprint density at radius 2 is 2.43 bits per heavy atom. The summed E-state index contributed by atoms with van der Waals surface area (Å²) in [7, 11) is 0. The van der Waals surface area contributed by atoms with Crippen LogP contribution >= 0.6 is 23.1 Å². The second-order valence-electron chi connectivity index (χ2n) is 4.37. The molecule has 0 saturated carbocycles. The van der Waals surface area contributed by atoms with Crippen molar-refractivity contribution < 1.29 is 4.79 Å². The number of hydrogen-bond acceptors (Lipinski definition) is 5. The third-order valence-corrected chi connectivity index (χ3v) is 4.90. The zero-order chi connectivity index (χ0) is 15.4. The van der Waals surface area contributed by atoms with Gasteiger partial charge >= 0.3 is 0 Å². The van der Waals surface area contributed by atoms with Gasteiger partial charge in [-0.1, -0.05) is 17.8 Å². The molecule has 1 unspecified atom stereocenters. The number of aromatic nitrogens is 2. The van der Waals surface area contributed by atoms with Crippen LogP contribution in [0.1, 0.15) is 13.8 Å². The van der Waals surface area contributed by atoms with E-state index in [-0.39, 0.29) is 16.7 Å². The fourth-order valence-electron chi connectivity index (χ4n) is 1.82. The molecule has 1 amide bonds. The zero-order valence-electron chi connectivity index (χ0n) is 12.0. The van der Waals surface area contributed by atoms with Crippen LogP contribution in [0.15, 0.2) is 34.1 Å². The van der Waals surface area contributed by atoms with Crippen molar-refractivity contribution in [2.24, 2.45) is 0 Å². The fourth-order valence-corrected chi connectivity index (χ4v) is 3.60. The number of nitrogens with zero attached hydrogens (tertiary/aromatic N) is 2. The molecule has 2 aromatic rings. The lowest BCUT2D eigenvalue weighted by Gasteiger charge is -2.14. The molecule has 0 aliphatic carbocycles. The summed E-state index contributed by atoms with van der Waals surface area (Å²) in [6, 6.07) is 1.83. The normalized spacial score (nSPS) is 12.3. The van der Waals surface area contributed by atoms with E-state index < -0.39 is 0 Å². The van der Waals surface area contributed by atoms with Crippen LogP contribution in [0.2, 0.25) is 0 Å². The minimum absolute atomic E-state index is 0.0429. The van der Waals surface area contributed by atoms with E-state index in [9.17, 15) is 9.59 Å². The number of carbonyl (C=O) groups is 1. The molecule has 0 bridgehead atoms. The first-order valence-electron chi connectivity index (χ1n) is 6.61. The Morgan fingerprint density at radius 1 is 1.67 bits per heavy atom. The highest BCUT2D eigenvalue weighted by Gasteiger charge is 2.18. The van der Waals surface area contributed by atoms with Gasteiger partial charge in [0.15, 0.2) is 5.16 Å². The molecule has 21 heavy (non-hydrogen) atoms. The van der Waals surface area contributed by atoms with E-state index >= 15 is 0 Å². The van der Waals surface area contributed by atoms with Crippen LogP contribution in [0.4, 0.5) is 0 Å². The Kier molecular flexibility index (Phi) is 5.19. The molecule has 7 heteroatoms. The monoisotopic (exact) mass is 323 g/mol. The Morgan fingerprint density at radius 3 is 3.10 bits per heavy atom. The number of rotatable bonds is 6. The summed E-state index contributed by atoms with van der Waals surface area (Å²) >= 11 is 2.69. The van der Waals surface area contributed by atoms with Crippen LogP contribution in [-0.4, -0.2) is 27.3 Å². The molecule has 0 aromatic carbocycles. The average molecular weight is 323 g/mol. The van der Waals surface area contributed by atoms with Gasteiger partial charge in [-0.05, 0) is 25.3 Å². The molecule has 0 aliphatic heterocycles. The molecule has 1 N–H and O–H groups in total. The van der Waals surface area contributed by atoms with Gasteiger partial charge in [0.2, 0.25) is 5.91 Å². The van der Waals surface area contributed by atoms with Gasteiger partial charge in [0.05, 0.1) is 10.8 Å². The molecule has 1 atom stereocenters. The lowest BCUT2D eigenvalue weighted by molar-refractivity contribution is -0.120. The number of thioether (sulfide) groups is 1. The van der Waals surface area contributed by atoms with Gasteiger partial charge < -0.3 is 5.32 Å². The molecule has 5 nitrogen and oxygen atoms in total. The summed E-state index contributed by atoms with van der Waals surface area (Å²) in [5.41, 5.74) is 0.648. The molecule has 0 radical (unpaired) electrons. The van der Waals surface area contributed by atoms with Gasteiger partial charge in [0.1, 0.15) is 4.70 Å². The first-order chi connectivity index (χ1) is 10.1. The molecule has 0 spiro atoms. The van der Waals surface area contributed by atoms with Crippen molar-refractivity contribution in [2.45, 2.75) is 30.8 Å². The fraction of sp³-hybridized carbons (Fsp3) is 0.357. The maximum atomic E-state index is 12.4. The lowest BCUT2D eigenvalue weighted by atomic mass is 10.4. The minimum atomic E-state index is -0.328. The highest BCUT2D eigenvalue weighted by atomic mass is 32.2. The van der Waals surface area contributed by atoms with Gasteiger partial charge in [0, 0.05) is 13.1 Å². The van der Waals surface area contributed by atoms with E-state index in [0.29, 0.717) is 28.5 Å². The highest BCUT2D eigenvalue weighted by Crippen LogP contribution is 2.24. The van der Waals surface area contributed by atoms with Crippen molar-refractivity contribution in [2.75, 3.05) is 6.54 Å². The topological polar surface area (TPSA) is 64.0 Å². The van der Waals surface area contributed by atoms with Gasteiger partial charge in [-0.2, -0.15) is 0 Å². The molecule has 0 aliphatic rings. The molecule has 0 fully saturated rings. The molecule has 112 valence electrons. The van der Waals surface area contributed by atoms with E-state index in [1.807, 2.05) is 18.4 Å². The summed E-state index contributed by atoms with van der Waals surface area (Å²) in [5, 5.41) is 4.85. The number of fused-ring (bicyclic) bond motifs is 1. The molecule has 2 rings (SSSR count). The second kappa shape index (κ2) is 6.91. The SMILES string of the molecule is C=CCNC(=O)C(C)Sc1nc2ccsc2c(=O)n1CC. The molecular formula is C14H17N3O2S2. The van der Waals surface area contributed by atoms with E-state index in [0.717, 1.165) is 0 Å². The molecule has 0 saturated heterocycles. The molecule has 2 aromatic heterocycles. The lowest BCUT2D eigenvalue weighted by Crippen LogP contribution is -2.32. The van der Waals surface area contributed by atoms with E-state index in [1.54, 1.807) is 17.6 Å². The first kappa shape index (κ1) is 15.8. The van der Waals surface area contributed by atoms with Crippen LogP contribution in [0.25, 0.3) is 10.2 Å². The predicted molar refractivity (Wildman–Crippen MR) is 88.1 cm³/mol. The van der Waals surface area contributed by atoms with Crippen molar-refractivity contribution in [3.8, 4) is 0 Å². The average Bonchev–Trinajstić information content (AvgIpc) is 2.93. The van der Waals surface area contributed by atoms with Gasteiger partial charge in [-0.3, -0.25) is 14.2 Å². The van der Waals surface area contributed by atoms with Crippen molar-refractivity contribution in [3.63, 3.8) is 0 Å². The Balaban J connectivity index is 2.30. The van der Waals surface area contributed by atoms with E-state index in [4.69, 9.17) is 0 Å². The third-order valence-electron chi connectivity index (χ3n) is 2.92. The zero-order valence-corrected chi connectivity index (χ0v) is 13.6. The second-order valence-corrected chi connectivity index (χ2v) is 6.60. The van der Waals surface area contributed by atoms with E-state index in [2.05, 4.69) is 16.9 Å². The first-order valence-corrected chi connectivity index (χ1v) is 8.37. The molecular weight excluding hydrogens is 306 g/mol. The Labute approximate surface area is 131 Å². The van der Waals surface area contributed by atoms with Crippen LogP contribution in [0.3, 0.4) is 0 Å². The number of amides is 1. The number of hydrogen-bond donors (Lipinski definition) is 1. The predicted octanol–water partition coefficient (Wildman–Crippen LogP) is 2.26. The standard InChI is InChI=1S/C14H17N3O2S2/c1-4-7-15-12(18)9(3)21-14-16-10-6-8-20-11(10)13(19)17(14)5-2/h4,6,8-9H,1,5,7H2,2-3H3,(H,15,18). The largest absolute Gasteiger partial charge is 0.352 e. The third kappa shape index (κ3) is 3.36. The van der Waals surface area contributed by atoms with Gasteiger partial charge in [0.25, 0.3) is 5.56 Å².